The number of carboxylic acid groups (broad SMARTS) is 2. The molecule has 0 saturated heterocycles. The second-order valence-electron chi connectivity index (χ2n) is 12.1. The van der Waals surface area contributed by atoms with Crippen LogP contribution in [0.2, 0.25) is 0 Å². The van der Waals surface area contributed by atoms with Gasteiger partial charge in [0.2, 0.25) is 0 Å². The average Bonchev–Trinajstić information content (AvgIpc) is 3.73. The first-order valence-corrected chi connectivity index (χ1v) is 15.1. The smallest absolute Gasteiger partial charge is 0.550 e. The molecular weight excluding hydrogens is 671 g/mol. The summed E-state index contributed by atoms with van der Waals surface area (Å²) in [5.74, 6) is -6.31. The molecule has 3 aromatic heterocycles. The van der Waals surface area contributed by atoms with Gasteiger partial charge in [-0.1, -0.05) is 12.7 Å². The molecule has 4 heterocycles. The van der Waals surface area contributed by atoms with Gasteiger partial charge in [-0.15, -0.1) is 0 Å². The molecule has 0 aromatic carbocycles. The van der Waals surface area contributed by atoms with Gasteiger partial charge >= 0.3 is 103 Å². The zero-order valence-electron chi connectivity index (χ0n) is 28.1. The number of carboxylic acids is 2. The molecule has 0 bridgehead atoms. The Morgan fingerprint density at radius 2 is 1.56 bits per heavy atom. The molecule has 3 atom stereocenters. The Morgan fingerprint density at radius 1 is 0.896 bits per heavy atom. The Bertz CT molecular complexity index is 1850. The van der Waals surface area contributed by atoms with Gasteiger partial charge in [-0.3, -0.25) is 14.4 Å². The first kappa shape index (κ1) is 40.7. The van der Waals surface area contributed by atoms with Gasteiger partial charge in [0.15, 0.2) is 12.1 Å². The molecule has 12 nitrogen and oxygen atoms in total. The van der Waals surface area contributed by atoms with Crippen LogP contribution in [0.15, 0.2) is 23.8 Å². The van der Waals surface area contributed by atoms with E-state index in [9.17, 15) is 39.3 Å². The van der Waals surface area contributed by atoms with Crippen molar-refractivity contribution in [3.63, 3.8) is 0 Å². The van der Waals surface area contributed by atoms with Crippen LogP contribution < -0.4 is 118 Å². The van der Waals surface area contributed by atoms with Crippen molar-refractivity contribution in [1.29, 1.82) is 0 Å². The van der Waals surface area contributed by atoms with E-state index in [1.807, 2.05) is 6.92 Å². The minimum Gasteiger partial charge on any atom is -0.550 e. The monoisotopic (exact) mass is 706 g/mol. The molecule has 0 spiro atoms. The van der Waals surface area contributed by atoms with E-state index in [0.29, 0.717) is 75.6 Å². The quantitative estimate of drug-likeness (QED) is 0.0656. The number of H-pyrrole nitrogens is 3. The Kier molecular flexibility index (Phi) is 14.0. The molecule has 1 aliphatic carbocycles. The Hall–Kier alpha value is -1.70. The summed E-state index contributed by atoms with van der Waals surface area (Å²) in [5, 5.41) is 36.6. The Balaban J connectivity index is 0.00000312. The van der Waals surface area contributed by atoms with Gasteiger partial charge in [0.05, 0.1) is 29.5 Å². The van der Waals surface area contributed by atoms with Crippen molar-refractivity contribution in [2.45, 2.75) is 71.8 Å². The van der Waals surface area contributed by atoms with Crippen LogP contribution >= 0.6 is 0 Å². The summed E-state index contributed by atoms with van der Waals surface area (Å²) < 4.78 is 0. The number of aliphatic hydroxyl groups is 1. The van der Waals surface area contributed by atoms with E-state index in [-0.39, 0.29) is 146 Å². The normalized spacial score (nSPS) is 18.3. The first-order chi connectivity index (χ1) is 21.8. The van der Waals surface area contributed by atoms with Crippen LogP contribution in [0.3, 0.4) is 0 Å². The van der Waals surface area contributed by atoms with E-state index >= 15 is 0 Å². The fourth-order valence-corrected chi connectivity index (χ4v) is 7.15. The molecule has 1 aliphatic heterocycles. The molecule has 5 rings (SSSR count). The minimum absolute atomic E-state index is 0. The molecule has 0 saturated carbocycles. The molecule has 3 aromatic rings. The van der Waals surface area contributed by atoms with Gasteiger partial charge in [-0.25, -0.2) is 0 Å². The number of hydrogen-bond acceptors (Lipinski definition) is 8. The van der Waals surface area contributed by atoms with Gasteiger partial charge < -0.3 is 45.2 Å². The molecular formula is C34H36K2N4O8. The third kappa shape index (κ3) is 7.35. The second-order valence-corrected chi connectivity index (χ2v) is 12.1. The van der Waals surface area contributed by atoms with Crippen molar-refractivity contribution >= 4 is 29.9 Å². The summed E-state index contributed by atoms with van der Waals surface area (Å²) >= 11 is 0. The van der Waals surface area contributed by atoms with Crippen molar-refractivity contribution in [1.82, 2.24) is 20.3 Å². The van der Waals surface area contributed by atoms with E-state index in [1.165, 1.54) is 6.08 Å². The zero-order valence-corrected chi connectivity index (χ0v) is 34.4. The third-order valence-electron chi connectivity index (χ3n) is 9.67. The number of fused-ring (bicyclic) bond motifs is 1. The molecule has 0 fully saturated rings. The van der Waals surface area contributed by atoms with Gasteiger partial charge in [0, 0.05) is 65.0 Å². The molecule has 14 heteroatoms. The number of nitrogens with one attached hydrogen (secondary N) is 4. The number of carbonyl (C=O) groups excluding carboxylic acids is 5. The van der Waals surface area contributed by atoms with Gasteiger partial charge in [-0.05, 0) is 80.3 Å². The van der Waals surface area contributed by atoms with Crippen molar-refractivity contribution in [3.8, 4) is 0 Å². The fourth-order valence-electron chi connectivity index (χ4n) is 7.15. The van der Waals surface area contributed by atoms with Gasteiger partial charge in [0.1, 0.15) is 0 Å². The van der Waals surface area contributed by atoms with E-state index in [1.54, 1.807) is 20.8 Å². The van der Waals surface area contributed by atoms with Crippen LogP contribution in [0, 0.1) is 26.7 Å². The first-order valence-electron chi connectivity index (χ1n) is 15.1. The number of hydrogen-bond donors (Lipinski definition) is 5. The number of aromatic nitrogens is 3. The average molecular weight is 707 g/mol. The third-order valence-corrected chi connectivity index (χ3v) is 9.67. The van der Waals surface area contributed by atoms with E-state index in [2.05, 4.69) is 26.8 Å². The standard InChI is InChI=1S/C34H38N4O8.2K/c1-6-18-14(2)22(38-33(18)44)11-21-16(4)20(7-8-26(41)42)30(36-21)28-29(34(45)46)32(43)27-17(5)23(37-31(27)28)12-24-19(9-10-39)15(3)25(13-40)35-24;;/h6,13,22,28-29,35-37,39H,1,7-12H2,2-5H3,(H,38,44)(H,41,42)(H,45,46);;/q;2*+1/p-2. The molecule has 1 amide bonds. The van der Waals surface area contributed by atoms with Crippen LogP contribution in [-0.4, -0.2) is 62.6 Å². The minimum atomic E-state index is -1.57. The van der Waals surface area contributed by atoms with Crippen LogP contribution in [-0.2, 0) is 40.1 Å². The SMILES string of the molecule is C=CC1=C(C)C(Cc2[nH]c(C3c4[nH]c(Cc5[nH]c(C=O)c(C)c5CCO)c(C)c4C(=O)C3C(=O)[O-])c(CCC(=O)[O-])c2C)NC1=O.[K+].[K+]. The number of amides is 1. The molecule has 242 valence electrons. The number of aliphatic hydroxyl groups excluding tert-OH is 1. The number of carbonyl (C=O) groups is 5. The number of Topliss-reactive ketones (excluding diaryl/α,β-unsaturated/α-hetero) is 1. The van der Waals surface area contributed by atoms with Crippen molar-refractivity contribution in [2.75, 3.05) is 6.61 Å². The predicted octanol–water partition coefficient (Wildman–Crippen LogP) is -5.54. The maximum absolute atomic E-state index is 13.8. The largest absolute Gasteiger partial charge is 1.00 e. The summed E-state index contributed by atoms with van der Waals surface area (Å²) in [6.07, 6.45) is 2.78. The summed E-state index contributed by atoms with van der Waals surface area (Å²) in [6, 6.07) is -0.370. The van der Waals surface area contributed by atoms with E-state index in [0.717, 1.165) is 16.7 Å². The topological polar surface area (TPSA) is 211 Å². The summed E-state index contributed by atoms with van der Waals surface area (Å²) in [7, 11) is 0. The predicted molar refractivity (Wildman–Crippen MR) is 162 cm³/mol. The van der Waals surface area contributed by atoms with Crippen molar-refractivity contribution in [2.24, 2.45) is 5.92 Å². The number of aliphatic carboxylic acids is 2. The Labute approximate surface area is 362 Å². The van der Waals surface area contributed by atoms with Gasteiger partial charge in [-0.2, -0.15) is 0 Å². The Morgan fingerprint density at radius 3 is 2.12 bits per heavy atom. The molecule has 2 aliphatic rings. The van der Waals surface area contributed by atoms with Crippen molar-refractivity contribution in [3.05, 3.63) is 91.3 Å². The summed E-state index contributed by atoms with van der Waals surface area (Å²) in [5.41, 5.74) is 7.93. The van der Waals surface area contributed by atoms with Crippen LogP contribution in [0.4, 0.5) is 0 Å². The number of aromatic amines is 3. The fraction of sp³-hybridized carbons (Fsp3) is 0.382. The van der Waals surface area contributed by atoms with Crippen molar-refractivity contribution < 1.29 is 142 Å². The number of ketones is 1. The van der Waals surface area contributed by atoms with E-state index < -0.39 is 29.6 Å². The molecule has 48 heavy (non-hydrogen) atoms. The summed E-state index contributed by atoms with van der Waals surface area (Å²) in [6.45, 7) is 10.7. The van der Waals surface area contributed by atoms with E-state index in [4.69, 9.17) is 0 Å². The number of aldehydes is 1. The van der Waals surface area contributed by atoms with Crippen LogP contribution in [0.5, 0.6) is 0 Å². The zero-order chi connectivity index (χ0) is 33.6. The summed E-state index contributed by atoms with van der Waals surface area (Å²) in [4.78, 5) is 71.7. The number of rotatable bonds is 13. The molecule has 5 N–H and O–H groups in total. The maximum atomic E-state index is 13.8. The van der Waals surface area contributed by atoms with Crippen LogP contribution in [0.1, 0.15) is 96.4 Å². The van der Waals surface area contributed by atoms with Crippen LogP contribution in [0.25, 0.3) is 0 Å². The van der Waals surface area contributed by atoms with Gasteiger partial charge in [0.25, 0.3) is 5.91 Å². The molecule has 0 radical (unpaired) electrons. The maximum Gasteiger partial charge on any atom is 1.00 e. The molecule has 3 unspecified atom stereocenters. The second kappa shape index (κ2) is 16.5.